The van der Waals surface area contributed by atoms with Gasteiger partial charge in [-0.2, -0.15) is 0 Å². The molecule has 0 aromatic carbocycles. The van der Waals surface area contributed by atoms with Crippen LogP contribution in [0.1, 0.15) is 66.7 Å². The van der Waals surface area contributed by atoms with Gasteiger partial charge in [0, 0.05) is 6.42 Å². The molecule has 100 valence electrons. The van der Waals surface area contributed by atoms with Gasteiger partial charge in [0.2, 0.25) is 0 Å². The fourth-order valence-electron chi connectivity index (χ4n) is 2.00. The Bertz CT molecular complexity index is 259. The summed E-state index contributed by atoms with van der Waals surface area (Å²) in [5, 5.41) is 9.17. The van der Waals surface area contributed by atoms with Crippen molar-refractivity contribution in [3.8, 4) is 0 Å². The van der Waals surface area contributed by atoms with Crippen LogP contribution in [-0.2, 0) is 4.79 Å². The standard InChI is InChI=1S/C8H14O.C7H14O/c1-2-7-4-3-5-8(9)6-7;1-6(8)5-7(2,3)4/h4,8-9H,2-3,5-6H2,1H3;5H2,1-4H3/t8-;/m1./s1. The molecule has 1 aliphatic rings. The Hall–Kier alpha value is -0.630. The van der Waals surface area contributed by atoms with Crippen molar-refractivity contribution in [1.82, 2.24) is 0 Å². The van der Waals surface area contributed by atoms with Gasteiger partial charge >= 0.3 is 0 Å². The first-order valence-electron chi connectivity index (χ1n) is 6.60. The van der Waals surface area contributed by atoms with Gasteiger partial charge in [-0.15, -0.1) is 0 Å². The molecule has 0 aromatic heterocycles. The van der Waals surface area contributed by atoms with E-state index in [9.17, 15) is 4.79 Å². The largest absolute Gasteiger partial charge is 0.393 e. The van der Waals surface area contributed by atoms with E-state index in [1.165, 1.54) is 5.57 Å². The van der Waals surface area contributed by atoms with Gasteiger partial charge in [-0.1, -0.05) is 39.3 Å². The number of hydrogen-bond donors (Lipinski definition) is 1. The van der Waals surface area contributed by atoms with Crippen LogP contribution in [0, 0.1) is 5.41 Å². The Morgan fingerprint density at radius 1 is 1.47 bits per heavy atom. The molecule has 0 aromatic rings. The number of aliphatic hydroxyl groups is 1. The Morgan fingerprint density at radius 2 is 2.06 bits per heavy atom. The maximum Gasteiger partial charge on any atom is 0.130 e. The van der Waals surface area contributed by atoms with E-state index in [4.69, 9.17) is 5.11 Å². The van der Waals surface area contributed by atoms with Crippen LogP contribution in [0.5, 0.6) is 0 Å². The van der Waals surface area contributed by atoms with Crippen molar-refractivity contribution in [3.63, 3.8) is 0 Å². The van der Waals surface area contributed by atoms with Gasteiger partial charge in [0.15, 0.2) is 0 Å². The van der Waals surface area contributed by atoms with Crippen molar-refractivity contribution in [1.29, 1.82) is 0 Å². The van der Waals surface area contributed by atoms with Crippen LogP contribution in [0.3, 0.4) is 0 Å². The normalized spacial score (nSPS) is 20.1. The highest BCUT2D eigenvalue weighted by Gasteiger charge is 2.11. The predicted octanol–water partition coefficient (Wildman–Crippen LogP) is 3.88. The minimum atomic E-state index is -0.0510. The third-order valence-electron chi connectivity index (χ3n) is 2.66. The maximum absolute atomic E-state index is 10.5. The van der Waals surface area contributed by atoms with E-state index in [-0.39, 0.29) is 17.3 Å². The number of hydrogen-bond acceptors (Lipinski definition) is 2. The molecule has 0 unspecified atom stereocenters. The van der Waals surface area contributed by atoms with Crippen LogP contribution >= 0.6 is 0 Å². The molecule has 0 amide bonds. The van der Waals surface area contributed by atoms with Gasteiger partial charge in [0.05, 0.1) is 6.10 Å². The second-order valence-electron chi connectivity index (χ2n) is 6.09. The highest BCUT2D eigenvalue weighted by atomic mass is 16.3. The SMILES string of the molecule is CC(=O)CC(C)(C)C.CCC1=CCC[C@@H](O)C1. The van der Waals surface area contributed by atoms with E-state index >= 15 is 0 Å². The maximum atomic E-state index is 10.5. The summed E-state index contributed by atoms with van der Waals surface area (Å²) in [5.74, 6) is 0.275. The van der Waals surface area contributed by atoms with Gasteiger partial charge in [-0.05, 0) is 38.0 Å². The lowest BCUT2D eigenvalue weighted by atomic mass is 9.91. The quantitative estimate of drug-likeness (QED) is 0.744. The van der Waals surface area contributed by atoms with Gasteiger partial charge in [0.1, 0.15) is 5.78 Å². The Morgan fingerprint density at radius 3 is 2.29 bits per heavy atom. The van der Waals surface area contributed by atoms with E-state index in [0.717, 1.165) is 25.7 Å². The molecule has 0 fully saturated rings. The van der Waals surface area contributed by atoms with Crippen molar-refractivity contribution in [2.24, 2.45) is 5.41 Å². The molecule has 1 rings (SSSR count). The highest BCUT2D eigenvalue weighted by molar-refractivity contribution is 5.76. The first-order chi connectivity index (χ1) is 7.74. The molecule has 0 heterocycles. The van der Waals surface area contributed by atoms with Crippen LogP contribution < -0.4 is 0 Å². The molecule has 17 heavy (non-hydrogen) atoms. The lowest BCUT2D eigenvalue weighted by Crippen LogP contribution is -2.10. The molecule has 1 N–H and O–H groups in total. The summed E-state index contributed by atoms with van der Waals surface area (Å²) in [4.78, 5) is 10.5. The molecular weight excluding hydrogens is 212 g/mol. The lowest BCUT2D eigenvalue weighted by molar-refractivity contribution is -0.118. The van der Waals surface area contributed by atoms with E-state index in [2.05, 4.69) is 33.8 Å². The van der Waals surface area contributed by atoms with Gasteiger partial charge in [0.25, 0.3) is 0 Å². The van der Waals surface area contributed by atoms with Crippen molar-refractivity contribution < 1.29 is 9.90 Å². The molecule has 2 heteroatoms. The summed E-state index contributed by atoms with van der Waals surface area (Å²) >= 11 is 0. The van der Waals surface area contributed by atoms with E-state index in [1.807, 2.05) is 0 Å². The predicted molar refractivity (Wildman–Crippen MR) is 73.0 cm³/mol. The average Bonchev–Trinajstić information content (AvgIpc) is 2.14. The molecule has 0 saturated heterocycles. The zero-order valence-electron chi connectivity index (χ0n) is 12.0. The van der Waals surface area contributed by atoms with Crippen LogP contribution in [0.25, 0.3) is 0 Å². The summed E-state index contributed by atoms with van der Waals surface area (Å²) in [6.45, 7) is 9.96. The van der Waals surface area contributed by atoms with Gasteiger partial charge in [-0.3, -0.25) is 0 Å². The van der Waals surface area contributed by atoms with Crippen LogP contribution in [0.15, 0.2) is 11.6 Å². The number of allylic oxidation sites excluding steroid dienone is 1. The Labute approximate surface area is 106 Å². The Balaban J connectivity index is 0.000000304. The third kappa shape index (κ3) is 10.3. The fraction of sp³-hybridized carbons (Fsp3) is 0.800. The minimum absolute atomic E-state index is 0.0510. The topological polar surface area (TPSA) is 37.3 Å². The van der Waals surface area contributed by atoms with Crippen molar-refractivity contribution in [2.75, 3.05) is 0 Å². The van der Waals surface area contributed by atoms with E-state index < -0.39 is 0 Å². The zero-order chi connectivity index (χ0) is 13.5. The monoisotopic (exact) mass is 240 g/mol. The summed E-state index contributed by atoms with van der Waals surface area (Å²) in [6, 6.07) is 0. The number of ketones is 1. The number of rotatable bonds is 2. The summed E-state index contributed by atoms with van der Waals surface area (Å²) in [6.07, 6.45) is 6.95. The van der Waals surface area contributed by atoms with Gasteiger partial charge < -0.3 is 9.90 Å². The van der Waals surface area contributed by atoms with E-state index in [1.54, 1.807) is 6.92 Å². The highest BCUT2D eigenvalue weighted by Crippen LogP contribution is 2.19. The molecule has 0 aliphatic heterocycles. The van der Waals surface area contributed by atoms with Crippen molar-refractivity contribution >= 4 is 5.78 Å². The number of aliphatic hydroxyl groups excluding tert-OH is 1. The second-order valence-corrected chi connectivity index (χ2v) is 6.09. The molecule has 2 nitrogen and oxygen atoms in total. The van der Waals surface area contributed by atoms with Gasteiger partial charge in [-0.25, -0.2) is 0 Å². The summed E-state index contributed by atoms with van der Waals surface area (Å²) in [7, 11) is 0. The Kier molecular flexibility index (Phi) is 7.37. The summed E-state index contributed by atoms with van der Waals surface area (Å²) in [5.41, 5.74) is 1.60. The zero-order valence-corrected chi connectivity index (χ0v) is 12.0. The summed E-state index contributed by atoms with van der Waals surface area (Å²) < 4.78 is 0. The first kappa shape index (κ1) is 16.4. The van der Waals surface area contributed by atoms with Crippen LogP contribution in [-0.4, -0.2) is 17.0 Å². The third-order valence-corrected chi connectivity index (χ3v) is 2.66. The minimum Gasteiger partial charge on any atom is -0.393 e. The fourth-order valence-corrected chi connectivity index (χ4v) is 2.00. The van der Waals surface area contributed by atoms with E-state index in [0.29, 0.717) is 6.42 Å². The number of carbonyl (C=O) groups is 1. The second kappa shape index (κ2) is 7.65. The first-order valence-corrected chi connectivity index (χ1v) is 6.60. The molecule has 0 bridgehead atoms. The average molecular weight is 240 g/mol. The molecule has 0 saturated carbocycles. The number of Topliss-reactive ketones (excluding diaryl/α,β-unsaturated/α-hetero) is 1. The van der Waals surface area contributed by atoms with Crippen LogP contribution in [0.2, 0.25) is 0 Å². The molecule has 0 radical (unpaired) electrons. The van der Waals surface area contributed by atoms with Crippen molar-refractivity contribution in [3.05, 3.63) is 11.6 Å². The molecule has 1 aliphatic carbocycles. The molecular formula is C15H28O2. The van der Waals surface area contributed by atoms with Crippen molar-refractivity contribution in [2.45, 2.75) is 72.8 Å². The molecule has 1 atom stereocenters. The van der Waals surface area contributed by atoms with Crippen LogP contribution in [0.4, 0.5) is 0 Å². The molecule has 0 spiro atoms. The number of carbonyl (C=O) groups excluding carboxylic acids is 1. The lowest BCUT2D eigenvalue weighted by Gasteiger charge is -2.16. The smallest absolute Gasteiger partial charge is 0.130 e.